The van der Waals surface area contributed by atoms with Crippen molar-refractivity contribution in [1.29, 1.82) is 0 Å². The number of fused-ring (bicyclic) bond motifs is 1. The van der Waals surface area contributed by atoms with Gasteiger partial charge in [-0.3, -0.25) is 9.69 Å². The van der Waals surface area contributed by atoms with Crippen LogP contribution in [0.15, 0.2) is 42.5 Å². The van der Waals surface area contributed by atoms with Gasteiger partial charge in [-0.25, -0.2) is 4.98 Å². The zero-order valence-corrected chi connectivity index (χ0v) is 15.9. The summed E-state index contributed by atoms with van der Waals surface area (Å²) in [6.45, 7) is 5.57. The van der Waals surface area contributed by atoms with Crippen molar-refractivity contribution in [2.75, 3.05) is 32.1 Å². The Labute approximate surface area is 152 Å². The molecule has 0 aliphatic rings. The lowest BCUT2D eigenvalue weighted by Crippen LogP contribution is -2.36. The highest BCUT2D eigenvalue weighted by Crippen LogP contribution is 2.32. The number of thiazole rings is 1. The summed E-state index contributed by atoms with van der Waals surface area (Å²) in [5.74, 6) is -0.00381. The molecule has 0 saturated carbocycles. The second-order valence-corrected chi connectivity index (χ2v) is 7.53. The number of rotatable bonds is 5. The van der Waals surface area contributed by atoms with Crippen molar-refractivity contribution in [2.45, 2.75) is 13.8 Å². The van der Waals surface area contributed by atoms with Crippen LogP contribution in [0.3, 0.4) is 0 Å². The average Bonchev–Trinajstić information content (AvgIpc) is 2.99. The molecule has 3 rings (SSSR count). The molecule has 0 saturated heterocycles. The Morgan fingerprint density at radius 1 is 1.08 bits per heavy atom. The van der Waals surface area contributed by atoms with Gasteiger partial charge >= 0.3 is 0 Å². The van der Waals surface area contributed by atoms with Gasteiger partial charge in [-0.15, -0.1) is 0 Å². The first-order valence-corrected chi connectivity index (χ1v) is 9.17. The minimum absolute atomic E-state index is 0.00381. The third-order valence-electron chi connectivity index (χ3n) is 4.08. The molecule has 0 unspecified atom stereocenters. The lowest BCUT2D eigenvalue weighted by molar-refractivity contribution is 0.0985. The van der Waals surface area contributed by atoms with Crippen molar-refractivity contribution >= 4 is 32.6 Å². The van der Waals surface area contributed by atoms with Crippen LogP contribution in [0.5, 0.6) is 0 Å². The molecule has 1 aromatic heterocycles. The SMILES string of the molecule is Cc1cc(C)c2sc(N(CCN(C)C)C(=O)c3ccccc3)nc2c1. The second kappa shape index (κ2) is 7.33. The molecular weight excluding hydrogens is 330 g/mol. The van der Waals surface area contributed by atoms with Gasteiger partial charge in [0.05, 0.1) is 10.2 Å². The van der Waals surface area contributed by atoms with Gasteiger partial charge in [0.25, 0.3) is 5.91 Å². The van der Waals surface area contributed by atoms with Gasteiger partial charge < -0.3 is 4.90 Å². The molecule has 0 N–H and O–H groups in total. The average molecular weight is 353 g/mol. The van der Waals surface area contributed by atoms with Gasteiger partial charge in [0.15, 0.2) is 5.13 Å². The van der Waals surface area contributed by atoms with E-state index in [9.17, 15) is 4.79 Å². The zero-order valence-electron chi connectivity index (χ0n) is 15.1. The summed E-state index contributed by atoms with van der Waals surface area (Å²) < 4.78 is 1.15. The Balaban J connectivity index is 2.02. The molecule has 25 heavy (non-hydrogen) atoms. The summed E-state index contributed by atoms with van der Waals surface area (Å²) in [4.78, 5) is 21.7. The number of anilines is 1. The first-order valence-electron chi connectivity index (χ1n) is 8.35. The van der Waals surface area contributed by atoms with E-state index < -0.39 is 0 Å². The van der Waals surface area contributed by atoms with Crippen molar-refractivity contribution in [2.24, 2.45) is 0 Å². The first kappa shape index (κ1) is 17.6. The maximum atomic E-state index is 13.1. The van der Waals surface area contributed by atoms with Crippen LogP contribution >= 0.6 is 11.3 Å². The summed E-state index contributed by atoms with van der Waals surface area (Å²) in [5, 5.41) is 0.763. The minimum atomic E-state index is -0.00381. The van der Waals surface area contributed by atoms with Crippen LogP contribution in [-0.2, 0) is 0 Å². The molecule has 130 valence electrons. The number of aromatic nitrogens is 1. The highest BCUT2D eigenvalue weighted by atomic mass is 32.1. The smallest absolute Gasteiger partial charge is 0.260 e. The maximum absolute atomic E-state index is 13.1. The maximum Gasteiger partial charge on any atom is 0.260 e. The number of likely N-dealkylation sites (N-methyl/N-ethyl adjacent to an activating group) is 1. The fourth-order valence-corrected chi connectivity index (χ4v) is 3.84. The number of carbonyl (C=O) groups is 1. The highest BCUT2D eigenvalue weighted by molar-refractivity contribution is 7.22. The fraction of sp³-hybridized carbons (Fsp3) is 0.300. The summed E-state index contributed by atoms with van der Waals surface area (Å²) in [6, 6.07) is 13.7. The summed E-state index contributed by atoms with van der Waals surface area (Å²) in [6.07, 6.45) is 0. The predicted octanol–water partition coefficient (Wildman–Crippen LogP) is 4.12. The van der Waals surface area contributed by atoms with Gasteiger partial charge in [-0.1, -0.05) is 35.6 Å². The molecular formula is C20H23N3OS. The van der Waals surface area contributed by atoms with E-state index >= 15 is 0 Å². The molecule has 0 aliphatic carbocycles. The predicted molar refractivity (Wildman–Crippen MR) is 106 cm³/mol. The summed E-state index contributed by atoms with van der Waals surface area (Å²) >= 11 is 1.59. The fourth-order valence-electron chi connectivity index (χ4n) is 2.80. The molecule has 5 heteroatoms. The number of nitrogens with zero attached hydrogens (tertiary/aromatic N) is 3. The molecule has 0 atom stereocenters. The first-order chi connectivity index (χ1) is 12.0. The van der Waals surface area contributed by atoms with Gasteiger partial charge in [-0.2, -0.15) is 0 Å². The van der Waals surface area contributed by atoms with E-state index in [1.165, 1.54) is 11.1 Å². The van der Waals surface area contributed by atoms with Crippen LogP contribution in [0.4, 0.5) is 5.13 Å². The lowest BCUT2D eigenvalue weighted by Gasteiger charge is -2.22. The largest absolute Gasteiger partial charge is 0.308 e. The third-order valence-corrected chi connectivity index (χ3v) is 5.31. The van der Waals surface area contributed by atoms with E-state index in [1.54, 1.807) is 16.2 Å². The molecule has 0 fully saturated rings. The summed E-state index contributed by atoms with van der Waals surface area (Å²) in [7, 11) is 4.02. The Hall–Kier alpha value is -2.24. The van der Waals surface area contributed by atoms with Crippen LogP contribution in [0.25, 0.3) is 10.2 Å². The Bertz CT molecular complexity index is 887. The molecule has 4 nitrogen and oxygen atoms in total. The van der Waals surface area contributed by atoms with Gasteiger partial charge in [0.1, 0.15) is 0 Å². The molecule has 0 radical (unpaired) electrons. The van der Waals surface area contributed by atoms with E-state index in [-0.39, 0.29) is 5.91 Å². The standard InChI is InChI=1S/C20H23N3OS/c1-14-12-15(2)18-17(13-14)21-20(25-18)23(11-10-22(3)4)19(24)16-8-6-5-7-9-16/h5-9,12-13H,10-11H2,1-4H3. The van der Waals surface area contributed by atoms with Crippen molar-refractivity contribution in [3.8, 4) is 0 Å². The normalized spacial score (nSPS) is 11.2. The quantitative estimate of drug-likeness (QED) is 0.692. The van der Waals surface area contributed by atoms with Gasteiger partial charge in [0, 0.05) is 18.7 Å². The van der Waals surface area contributed by atoms with E-state index in [0.717, 1.165) is 21.9 Å². The Morgan fingerprint density at radius 2 is 1.80 bits per heavy atom. The molecule has 3 aromatic rings. The van der Waals surface area contributed by atoms with Crippen molar-refractivity contribution in [1.82, 2.24) is 9.88 Å². The number of amides is 1. The molecule has 0 bridgehead atoms. The van der Waals surface area contributed by atoms with E-state index in [1.807, 2.05) is 44.4 Å². The number of benzene rings is 2. The minimum Gasteiger partial charge on any atom is -0.308 e. The topological polar surface area (TPSA) is 36.4 Å². The monoisotopic (exact) mass is 353 g/mol. The van der Waals surface area contributed by atoms with Gasteiger partial charge in [0.2, 0.25) is 0 Å². The Kier molecular flexibility index (Phi) is 5.16. The molecule has 1 amide bonds. The van der Waals surface area contributed by atoms with E-state index in [4.69, 9.17) is 4.98 Å². The van der Waals surface area contributed by atoms with Crippen molar-refractivity contribution in [3.63, 3.8) is 0 Å². The van der Waals surface area contributed by atoms with Gasteiger partial charge in [-0.05, 0) is 57.3 Å². The lowest BCUT2D eigenvalue weighted by atomic mass is 10.1. The second-order valence-electron chi connectivity index (χ2n) is 6.55. The van der Waals surface area contributed by atoms with Crippen LogP contribution in [0, 0.1) is 13.8 Å². The number of carbonyl (C=O) groups excluding carboxylic acids is 1. The van der Waals surface area contributed by atoms with E-state index in [0.29, 0.717) is 12.1 Å². The number of hydrogen-bond donors (Lipinski definition) is 0. The molecule has 0 spiro atoms. The number of hydrogen-bond acceptors (Lipinski definition) is 4. The van der Waals surface area contributed by atoms with E-state index in [2.05, 4.69) is 30.9 Å². The van der Waals surface area contributed by atoms with Crippen molar-refractivity contribution in [3.05, 3.63) is 59.2 Å². The van der Waals surface area contributed by atoms with Crippen LogP contribution < -0.4 is 4.90 Å². The van der Waals surface area contributed by atoms with Crippen LogP contribution in [0.2, 0.25) is 0 Å². The van der Waals surface area contributed by atoms with Crippen molar-refractivity contribution < 1.29 is 4.79 Å². The summed E-state index contributed by atoms with van der Waals surface area (Å²) in [5.41, 5.74) is 4.05. The Morgan fingerprint density at radius 3 is 2.48 bits per heavy atom. The molecule has 2 aromatic carbocycles. The van der Waals surface area contributed by atoms with Crippen LogP contribution in [0.1, 0.15) is 21.5 Å². The van der Waals surface area contributed by atoms with Crippen LogP contribution in [-0.4, -0.2) is 43.0 Å². The molecule has 0 aliphatic heterocycles. The number of aryl methyl sites for hydroxylation is 2. The highest BCUT2D eigenvalue weighted by Gasteiger charge is 2.21. The molecule has 1 heterocycles. The zero-order chi connectivity index (χ0) is 18.0. The third kappa shape index (κ3) is 3.89.